The summed E-state index contributed by atoms with van der Waals surface area (Å²) in [5.74, 6) is 0.515. The van der Waals surface area contributed by atoms with E-state index in [9.17, 15) is 13.2 Å². The summed E-state index contributed by atoms with van der Waals surface area (Å²) >= 11 is 0. The van der Waals surface area contributed by atoms with E-state index in [-0.39, 0.29) is 10.5 Å². The molecule has 0 saturated carbocycles. The summed E-state index contributed by atoms with van der Waals surface area (Å²) in [6, 6.07) is 10.6. The van der Waals surface area contributed by atoms with Crippen LogP contribution in [0.5, 0.6) is 11.5 Å². The molecule has 1 amide bonds. The predicted molar refractivity (Wildman–Crippen MR) is 95.9 cm³/mol. The zero-order valence-electron chi connectivity index (χ0n) is 14.8. The Morgan fingerprint density at radius 2 is 1.77 bits per heavy atom. The molecular weight excluding hydrogens is 360 g/mol. The van der Waals surface area contributed by atoms with Gasteiger partial charge >= 0.3 is 0 Å². The normalized spacial score (nSPS) is 11.3. The molecule has 0 aliphatic rings. The van der Waals surface area contributed by atoms with Crippen LogP contribution in [-0.2, 0) is 14.9 Å². The third kappa shape index (κ3) is 4.13. The summed E-state index contributed by atoms with van der Waals surface area (Å²) in [5, 5.41) is 2.69. The molecule has 2 rings (SSSR count). The number of carbonyl (C=O) groups excluding carboxylic acids is 1. The summed E-state index contributed by atoms with van der Waals surface area (Å²) in [4.78, 5) is 17.2. The molecule has 1 N–H and O–H groups in total. The maximum Gasteiger partial charge on any atom is 0.264 e. The Hall–Kier alpha value is -2.62. The average Bonchev–Trinajstić information content (AvgIpc) is 2.67. The number of methoxy groups -OCH3 is 2. The van der Waals surface area contributed by atoms with Crippen molar-refractivity contribution < 1.29 is 27.5 Å². The highest BCUT2D eigenvalue weighted by Crippen LogP contribution is 2.29. The molecule has 140 valence electrons. The number of sulfonamides is 1. The Labute approximate surface area is 152 Å². The third-order valence-electron chi connectivity index (χ3n) is 3.65. The van der Waals surface area contributed by atoms with Crippen LogP contribution in [0, 0.1) is 0 Å². The minimum Gasteiger partial charge on any atom is -0.497 e. The summed E-state index contributed by atoms with van der Waals surface area (Å²) < 4.78 is 35.7. The van der Waals surface area contributed by atoms with Crippen molar-refractivity contribution >= 4 is 21.6 Å². The van der Waals surface area contributed by atoms with Gasteiger partial charge in [0.2, 0.25) is 0 Å². The molecule has 2 aromatic carbocycles. The monoisotopic (exact) mass is 380 g/mol. The van der Waals surface area contributed by atoms with Crippen molar-refractivity contribution in [2.75, 3.05) is 33.7 Å². The van der Waals surface area contributed by atoms with Gasteiger partial charge in [0.15, 0.2) is 0 Å². The number of hydrogen-bond donors (Lipinski definition) is 1. The fourth-order valence-corrected chi connectivity index (χ4v) is 3.16. The second kappa shape index (κ2) is 8.17. The number of nitrogens with zero attached hydrogens (tertiary/aromatic N) is 1. The molecule has 0 atom stereocenters. The smallest absolute Gasteiger partial charge is 0.264 e. The number of hydroxylamine groups is 1. The Balaban J connectivity index is 2.30. The quantitative estimate of drug-likeness (QED) is 0.740. The summed E-state index contributed by atoms with van der Waals surface area (Å²) in [6.45, 7) is 0. The number of hydrogen-bond acceptors (Lipinski definition) is 6. The summed E-state index contributed by atoms with van der Waals surface area (Å²) in [5.41, 5.74) is 0.606. The SMILES string of the molecule is COc1ccc(NC(=O)c2cccc(S(=O)(=O)N(C)OC)c2)c(OC)c1. The van der Waals surface area contributed by atoms with Gasteiger partial charge in [0, 0.05) is 18.7 Å². The van der Waals surface area contributed by atoms with E-state index in [2.05, 4.69) is 5.32 Å². The van der Waals surface area contributed by atoms with E-state index in [0.29, 0.717) is 17.2 Å². The van der Waals surface area contributed by atoms with Crippen LogP contribution in [0.15, 0.2) is 47.4 Å². The standard InChI is InChI=1S/C17H20N2O6S/c1-19(25-4)26(21,22)14-7-5-6-12(10-14)17(20)18-15-9-8-13(23-2)11-16(15)24-3/h5-11H,1-4H3,(H,18,20). The van der Waals surface area contributed by atoms with Crippen molar-refractivity contribution in [3.8, 4) is 11.5 Å². The Kier molecular flexibility index (Phi) is 6.19. The molecule has 0 aromatic heterocycles. The largest absolute Gasteiger partial charge is 0.497 e. The second-order valence-corrected chi connectivity index (χ2v) is 7.08. The van der Waals surface area contributed by atoms with Crippen LogP contribution in [-0.4, -0.2) is 47.2 Å². The van der Waals surface area contributed by atoms with Crippen LogP contribution in [0.2, 0.25) is 0 Å². The number of ether oxygens (including phenoxy) is 2. The highest BCUT2D eigenvalue weighted by Gasteiger charge is 2.22. The molecule has 0 aliphatic carbocycles. The molecule has 0 saturated heterocycles. The van der Waals surface area contributed by atoms with Crippen LogP contribution < -0.4 is 14.8 Å². The van der Waals surface area contributed by atoms with Crippen molar-refractivity contribution in [2.24, 2.45) is 0 Å². The van der Waals surface area contributed by atoms with Crippen LogP contribution in [0.4, 0.5) is 5.69 Å². The molecule has 0 aliphatic heterocycles. The number of nitrogens with one attached hydrogen (secondary N) is 1. The maximum absolute atomic E-state index is 12.5. The van der Waals surface area contributed by atoms with Gasteiger partial charge in [0.05, 0.1) is 31.9 Å². The first-order valence-corrected chi connectivity index (χ1v) is 8.94. The number of amides is 1. The molecule has 26 heavy (non-hydrogen) atoms. The van der Waals surface area contributed by atoms with Crippen LogP contribution >= 0.6 is 0 Å². The number of benzene rings is 2. The van der Waals surface area contributed by atoms with Crippen molar-refractivity contribution in [1.29, 1.82) is 0 Å². The fraction of sp³-hybridized carbons (Fsp3) is 0.235. The van der Waals surface area contributed by atoms with Crippen LogP contribution in [0.25, 0.3) is 0 Å². The Morgan fingerprint density at radius 3 is 2.38 bits per heavy atom. The minimum atomic E-state index is -3.85. The van der Waals surface area contributed by atoms with E-state index < -0.39 is 15.9 Å². The highest BCUT2D eigenvalue weighted by molar-refractivity contribution is 7.89. The first-order valence-electron chi connectivity index (χ1n) is 7.50. The zero-order chi connectivity index (χ0) is 19.3. The summed E-state index contributed by atoms with van der Waals surface area (Å²) in [7, 11) is 1.65. The molecule has 0 heterocycles. The van der Waals surface area contributed by atoms with E-state index in [1.807, 2.05) is 0 Å². The van der Waals surface area contributed by atoms with Gasteiger partial charge < -0.3 is 14.8 Å². The molecule has 0 unspecified atom stereocenters. The van der Waals surface area contributed by atoms with Crippen LogP contribution in [0.3, 0.4) is 0 Å². The number of anilines is 1. The maximum atomic E-state index is 12.5. The first kappa shape index (κ1) is 19.7. The lowest BCUT2D eigenvalue weighted by Gasteiger charge is -2.15. The fourth-order valence-electron chi connectivity index (χ4n) is 2.14. The average molecular weight is 380 g/mol. The van der Waals surface area contributed by atoms with Gasteiger partial charge in [-0.2, -0.15) is 0 Å². The molecule has 0 spiro atoms. The minimum absolute atomic E-state index is 0.0591. The van der Waals surface area contributed by atoms with Crippen molar-refractivity contribution in [1.82, 2.24) is 4.47 Å². The van der Waals surface area contributed by atoms with E-state index in [0.717, 1.165) is 4.47 Å². The van der Waals surface area contributed by atoms with Crippen molar-refractivity contribution in [2.45, 2.75) is 4.90 Å². The van der Waals surface area contributed by atoms with Gasteiger partial charge in [-0.15, -0.1) is 0 Å². The van der Waals surface area contributed by atoms with E-state index in [1.165, 1.54) is 52.6 Å². The van der Waals surface area contributed by atoms with Crippen molar-refractivity contribution in [3.63, 3.8) is 0 Å². The van der Waals surface area contributed by atoms with Gasteiger partial charge in [-0.1, -0.05) is 10.5 Å². The molecule has 0 fully saturated rings. The first-order chi connectivity index (χ1) is 12.3. The lowest BCUT2D eigenvalue weighted by Crippen LogP contribution is -2.26. The molecule has 0 radical (unpaired) electrons. The zero-order valence-corrected chi connectivity index (χ0v) is 15.7. The van der Waals surface area contributed by atoms with E-state index >= 15 is 0 Å². The van der Waals surface area contributed by atoms with E-state index in [1.54, 1.807) is 18.2 Å². The molecule has 9 heteroatoms. The van der Waals surface area contributed by atoms with Crippen LogP contribution in [0.1, 0.15) is 10.4 Å². The molecule has 8 nitrogen and oxygen atoms in total. The summed E-state index contributed by atoms with van der Waals surface area (Å²) in [6.07, 6.45) is 0. The van der Waals surface area contributed by atoms with Gasteiger partial charge in [-0.3, -0.25) is 9.63 Å². The molecule has 0 bridgehead atoms. The van der Waals surface area contributed by atoms with Gasteiger partial charge in [-0.05, 0) is 30.3 Å². The molecular formula is C17H20N2O6S. The molecule has 2 aromatic rings. The third-order valence-corrected chi connectivity index (χ3v) is 5.32. The Morgan fingerprint density at radius 1 is 1.04 bits per heavy atom. The topological polar surface area (TPSA) is 94.2 Å². The van der Waals surface area contributed by atoms with Gasteiger partial charge in [-0.25, -0.2) is 8.42 Å². The lowest BCUT2D eigenvalue weighted by molar-refractivity contribution is -0.0258. The number of rotatable bonds is 7. The Bertz CT molecular complexity index is 898. The van der Waals surface area contributed by atoms with Crippen molar-refractivity contribution in [3.05, 3.63) is 48.0 Å². The number of carbonyl (C=O) groups is 1. The second-order valence-electron chi connectivity index (χ2n) is 5.15. The van der Waals surface area contributed by atoms with Gasteiger partial charge in [0.25, 0.3) is 15.9 Å². The predicted octanol–water partition coefficient (Wildman–Crippen LogP) is 2.14. The lowest BCUT2D eigenvalue weighted by atomic mass is 10.2. The van der Waals surface area contributed by atoms with E-state index in [4.69, 9.17) is 14.3 Å². The van der Waals surface area contributed by atoms with Gasteiger partial charge in [0.1, 0.15) is 11.5 Å². The highest BCUT2D eigenvalue weighted by atomic mass is 32.2.